The summed E-state index contributed by atoms with van der Waals surface area (Å²) in [5, 5.41) is 3.86. The summed E-state index contributed by atoms with van der Waals surface area (Å²) in [6.07, 6.45) is 4.40. The highest BCUT2D eigenvalue weighted by molar-refractivity contribution is 5.04. The molecule has 1 heterocycles. The molecule has 1 aliphatic carbocycles. The first-order valence-corrected chi connectivity index (χ1v) is 8.02. The smallest absolute Gasteiger partial charge is 0.0670 e. The van der Waals surface area contributed by atoms with E-state index in [1.165, 1.54) is 25.8 Å². The van der Waals surface area contributed by atoms with E-state index in [-0.39, 0.29) is 0 Å². The highest BCUT2D eigenvalue weighted by atomic mass is 16.5. The Morgan fingerprint density at radius 3 is 2.58 bits per heavy atom. The van der Waals surface area contributed by atoms with Crippen LogP contribution in [0.25, 0.3) is 0 Å². The second-order valence-electron chi connectivity index (χ2n) is 7.00. The third-order valence-electron chi connectivity index (χ3n) is 5.39. The summed E-state index contributed by atoms with van der Waals surface area (Å²) in [5.74, 6) is 1.64. The van der Waals surface area contributed by atoms with Crippen LogP contribution in [0.4, 0.5) is 0 Å². The molecular weight excluding hydrogens is 236 g/mol. The quantitative estimate of drug-likeness (QED) is 0.801. The zero-order chi connectivity index (χ0) is 14.0. The summed E-state index contributed by atoms with van der Waals surface area (Å²) in [4.78, 5) is 2.69. The molecule has 3 nitrogen and oxygen atoms in total. The van der Waals surface area contributed by atoms with Crippen LogP contribution in [-0.4, -0.2) is 49.3 Å². The number of rotatable bonds is 6. The Kier molecular flexibility index (Phi) is 4.91. The lowest BCUT2D eigenvalue weighted by Crippen LogP contribution is -2.66. The Labute approximate surface area is 119 Å². The van der Waals surface area contributed by atoms with Crippen molar-refractivity contribution >= 4 is 0 Å². The van der Waals surface area contributed by atoms with Gasteiger partial charge in [0.05, 0.1) is 6.10 Å². The molecule has 1 aliphatic heterocycles. The molecule has 2 fully saturated rings. The van der Waals surface area contributed by atoms with Crippen molar-refractivity contribution in [2.45, 2.75) is 64.6 Å². The standard InChI is InChI=1S/C16H32N2O/c1-6-12(2)15-9-17-16(4,14-7-8-14)11-18(15)10-13(3)19-5/h12-15,17H,6-11H2,1-5H3. The van der Waals surface area contributed by atoms with E-state index in [4.69, 9.17) is 4.74 Å². The molecule has 3 heteroatoms. The van der Waals surface area contributed by atoms with Gasteiger partial charge in [-0.2, -0.15) is 0 Å². The topological polar surface area (TPSA) is 24.5 Å². The largest absolute Gasteiger partial charge is 0.380 e. The maximum Gasteiger partial charge on any atom is 0.0670 e. The lowest BCUT2D eigenvalue weighted by Gasteiger charge is -2.49. The normalized spacial score (nSPS) is 36.2. The predicted octanol–water partition coefficient (Wildman–Crippen LogP) is 2.51. The molecule has 19 heavy (non-hydrogen) atoms. The van der Waals surface area contributed by atoms with Crippen molar-refractivity contribution in [1.82, 2.24) is 10.2 Å². The number of ether oxygens (including phenoxy) is 1. The van der Waals surface area contributed by atoms with Crippen LogP contribution in [0.15, 0.2) is 0 Å². The van der Waals surface area contributed by atoms with Crippen molar-refractivity contribution in [1.29, 1.82) is 0 Å². The van der Waals surface area contributed by atoms with Crippen LogP contribution in [0.5, 0.6) is 0 Å². The van der Waals surface area contributed by atoms with Crippen molar-refractivity contribution < 1.29 is 4.74 Å². The van der Waals surface area contributed by atoms with Crippen molar-refractivity contribution in [3.8, 4) is 0 Å². The van der Waals surface area contributed by atoms with E-state index >= 15 is 0 Å². The van der Waals surface area contributed by atoms with Crippen molar-refractivity contribution in [3.63, 3.8) is 0 Å². The molecule has 0 radical (unpaired) electrons. The molecule has 1 saturated heterocycles. The second kappa shape index (κ2) is 6.11. The summed E-state index contributed by atoms with van der Waals surface area (Å²) in [6.45, 7) is 12.7. The number of methoxy groups -OCH3 is 1. The van der Waals surface area contributed by atoms with Gasteiger partial charge in [-0.1, -0.05) is 20.3 Å². The number of piperazine rings is 1. The molecule has 0 aromatic heterocycles. The minimum Gasteiger partial charge on any atom is -0.380 e. The fourth-order valence-electron chi connectivity index (χ4n) is 3.49. The van der Waals surface area contributed by atoms with Gasteiger partial charge < -0.3 is 10.1 Å². The van der Waals surface area contributed by atoms with Gasteiger partial charge in [0.1, 0.15) is 0 Å². The van der Waals surface area contributed by atoms with E-state index in [2.05, 4.69) is 37.9 Å². The van der Waals surface area contributed by atoms with Crippen LogP contribution in [-0.2, 0) is 4.74 Å². The molecule has 0 bridgehead atoms. The summed E-state index contributed by atoms with van der Waals surface area (Å²) in [5.41, 5.74) is 0.331. The minimum absolute atomic E-state index is 0.327. The maximum atomic E-state index is 5.50. The first-order chi connectivity index (χ1) is 9.00. The Hall–Kier alpha value is -0.120. The molecule has 0 aromatic carbocycles. The predicted molar refractivity (Wildman–Crippen MR) is 80.4 cm³/mol. The molecule has 0 spiro atoms. The van der Waals surface area contributed by atoms with Crippen LogP contribution in [0.2, 0.25) is 0 Å². The fraction of sp³-hybridized carbons (Fsp3) is 1.00. The lowest BCUT2D eigenvalue weighted by molar-refractivity contribution is 0.00268. The molecule has 1 N–H and O–H groups in total. The molecule has 1 saturated carbocycles. The molecule has 4 unspecified atom stereocenters. The van der Waals surface area contributed by atoms with Crippen LogP contribution in [0.1, 0.15) is 47.0 Å². The Bertz CT molecular complexity index is 292. The molecule has 0 aromatic rings. The Morgan fingerprint density at radius 2 is 2.05 bits per heavy atom. The first kappa shape index (κ1) is 15.3. The number of nitrogens with zero attached hydrogens (tertiary/aromatic N) is 1. The van der Waals surface area contributed by atoms with E-state index in [9.17, 15) is 0 Å². The molecule has 112 valence electrons. The van der Waals surface area contributed by atoms with Crippen molar-refractivity contribution in [2.75, 3.05) is 26.7 Å². The lowest BCUT2D eigenvalue weighted by atomic mass is 9.86. The average molecular weight is 268 g/mol. The van der Waals surface area contributed by atoms with Crippen molar-refractivity contribution in [2.24, 2.45) is 11.8 Å². The van der Waals surface area contributed by atoms with Crippen LogP contribution >= 0.6 is 0 Å². The summed E-state index contributed by atoms with van der Waals surface area (Å²) >= 11 is 0. The first-order valence-electron chi connectivity index (χ1n) is 8.02. The minimum atomic E-state index is 0.327. The van der Waals surface area contributed by atoms with Gasteiger partial charge in [0, 0.05) is 38.3 Å². The van der Waals surface area contributed by atoms with E-state index in [0.29, 0.717) is 17.7 Å². The molecule has 4 atom stereocenters. The average Bonchev–Trinajstić information content (AvgIpc) is 3.22. The van der Waals surface area contributed by atoms with E-state index in [1.54, 1.807) is 0 Å². The molecule has 2 aliphatic rings. The number of hydrogen-bond acceptors (Lipinski definition) is 3. The third-order valence-corrected chi connectivity index (χ3v) is 5.39. The highest BCUT2D eigenvalue weighted by Gasteiger charge is 2.46. The Morgan fingerprint density at radius 1 is 1.37 bits per heavy atom. The van der Waals surface area contributed by atoms with E-state index < -0.39 is 0 Å². The maximum absolute atomic E-state index is 5.50. The van der Waals surface area contributed by atoms with E-state index in [1.807, 2.05) is 7.11 Å². The number of hydrogen-bond donors (Lipinski definition) is 1. The van der Waals surface area contributed by atoms with Gasteiger partial charge in [0.2, 0.25) is 0 Å². The third kappa shape index (κ3) is 3.50. The van der Waals surface area contributed by atoms with Crippen LogP contribution in [0, 0.1) is 11.8 Å². The van der Waals surface area contributed by atoms with E-state index in [0.717, 1.165) is 24.9 Å². The Balaban J connectivity index is 2.04. The van der Waals surface area contributed by atoms with Gasteiger partial charge in [0.25, 0.3) is 0 Å². The van der Waals surface area contributed by atoms with Gasteiger partial charge in [-0.25, -0.2) is 0 Å². The number of nitrogens with one attached hydrogen (secondary N) is 1. The second-order valence-corrected chi connectivity index (χ2v) is 7.00. The molecule has 0 amide bonds. The van der Waals surface area contributed by atoms with Gasteiger partial charge in [-0.15, -0.1) is 0 Å². The van der Waals surface area contributed by atoms with Crippen molar-refractivity contribution in [3.05, 3.63) is 0 Å². The zero-order valence-electron chi connectivity index (χ0n) is 13.4. The SMILES string of the molecule is CCC(C)C1CNC(C)(C2CC2)CN1CC(C)OC. The fourth-order valence-corrected chi connectivity index (χ4v) is 3.49. The van der Waals surface area contributed by atoms with Gasteiger partial charge in [-0.05, 0) is 38.5 Å². The summed E-state index contributed by atoms with van der Waals surface area (Å²) in [7, 11) is 1.82. The van der Waals surface area contributed by atoms with Gasteiger partial charge in [0.15, 0.2) is 0 Å². The molecule has 2 rings (SSSR count). The van der Waals surface area contributed by atoms with Gasteiger partial charge >= 0.3 is 0 Å². The van der Waals surface area contributed by atoms with Crippen LogP contribution < -0.4 is 5.32 Å². The molecular formula is C16H32N2O. The van der Waals surface area contributed by atoms with Crippen LogP contribution in [0.3, 0.4) is 0 Å². The summed E-state index contributed by atoms with van der Waals surface area (Å²) < 4.78 is 5.50. The monoisotopic (exact) mass is 268 g/mol. The zero-order valence-corrected chi connectivity index (χ0v) is 13.4. The summed E-state index contributed by atoms with van der Waals surface area (Å²) in [6, 6.07) is 0.662. The highest BCUT2D eigenvalue weighted by Crippen LogP contribution is 2.41. The van der Waals surface area contributed by atoms with Gasteiger partial charge in [-0.3, -0.25) is 4.90 Å².